The van der Waals surface area contributed by atoms with Crippen LogP contribution in [0.15, 0.2) is 30.3 Å². The van der Waals surface area contributed by atoms with Gasteiger partial charge in [-0.15, -0.1) is 0 Å². The second-order valence-corrected chi connectivity index (χ2v) is 6.38. The van der Waals surface area contributed by atoms with E-state index in [1.165, 1.54) is 23.1 Å². The first-order valence-corrected chi connectivity index (χ1v) is 8.56. The quantitative estimate of drug-likeness (QED) is 0.748. The van der Waals surface area contributed by atoms with Crippen LogP contribution in [0, 0.1) is 0 Å². The lowest BCUT2D eigenvalue weighted by molar-refractivity contribution is 0.351. The molecule has 0 fully saturated rings. The van der Waals surface area contributed by atoms with Gasteiger partial charge in [-0.2, -0.15) is 15.4 Å². The Morgan fingerprint density at radius 1 is 1.08 bits per heavy atom. The molecule has 0 spiro atoms. The molecule has 0 radical (unpaired) electrons. The van der Waals surface area contributed by atoms with Crippen LogP contribution in [0.4, 0.5) is 0 Å². The zero-order valence-corrected chi connectivity index (χ0v) is 14.5. The number of methoxy groups -OCH3 is 2. The minimum Gasteiger partial charge on any atom is -0.493 e. The minimum absolute atomic E-state index is 0.316. The number of aromatic amines is 1. The van der Waals surface area contributed by atoms with E-state index in [1.54, 1.807) is 14.2 Å². The van der Waals surface area contributed by atoms with Gasteiger partial charge in [0.25, 0.3) is 0 Å². The van der Waals surface area contributed by atoms with E-state index in [2.05, 4.69) is 45.0 Å². The molecule has 130 valence electrons. The molecule has 1 aliphatic carbocycles. The number of ether oxygens (including phenoxy) is 2. The number of nitrogens with zero attached hydrogens (tertiary/aromatic N) is 2. The molecule has 1 unspecified atom stereocenters. The van der Waals surface area contributed by atoms with Gasteiger partial charge in [0.05, 0.1) is 14.2 Å². The van der Waals surface area contributed by atoms with E-state index in [4.69, 9.17) is 9.47 Å². The third-order valence-corrected chi connectivity index (χ3v) is 4.89. The van der Waals surface area contributed by atoms with E-state index in [9.17, 15) is 0 Å². The van der Waals surface area contributed by atoms with Gasteiger partial charge < -0.3 is 14.8 Å². The zero-order chi connectivity index (χ0) is 17.2. The summed E-state index contributed by atoms with van der Waals surface area (Å²) in [6.45, 7) is 0.793. The van der Waals surface area contributed by atoms with Gasteiger partial charge in [0, 0.05) is 12.6 Å². The van der Waals surface area contributed by atoms with Gasteiger partial charge in [-0.3, -0.25) is 0 Å². The minimum atomic E-state index is 0.316. The van der Waals surface area contributed by atoms with Gasteiger partial charge >= 0.3 is 0 Å². The Balaban J connectivity index is 1.55. The number of fused-ring (bicyclic) bond motifs is 2. The maximum atomic E-state index is 5.48. The number of benzene rings is 2. The van der Waals surface area contributed by atoms with Crippen molar-refractivity contribution in [3.8, 4) is 11.5 Å². The number of aryl methyl sites for hydroxylation is 1. The predicted molar refractivity (Wildman–Crippen MR) is 96.0 cm³/mol. The monoisotopic (exact) mass is 338 g/mol. The normalized spacial score (nSPS) is 16.6. The molecule has 1 aliphatic rings. The number of nitrogens with one attached hydrogen (secondary N) is 2. The molecule has 0 amide bonds. The summed E-state index contributed by atoms with van der Waals surface area (Å²) in [5, 5.41) is 14.6. The summed E-state index contributed by atoms with van der Waals surface area (Å²) in [6, 6.07) is 10.7. The summed E-state index contributed by atoms with van der Waals surface area (Å²) >= 11 is 0. The van der Waals surface area contributed by atoms with Gasteiger partial charge in [-0.05, 0) is 60.2 Å². The first kappa shape index (κ1) is 15.9. The van der Waals surface area contributed by atoms with Crippen molar-refractivity contribution in [2.24, 2.45) is 0 Å². The van der Waals surface area contributed by atoms with Crippen LogP contribution < -0.4 is 14.8 Å². The lowest BCUT2D eigenvalue weighted by Gasteiger charge is -2.28. The molecule has 6 heteroatoms. The molecule has 0 saturated heterocycles. The van der Waals surface area contributed by atoms with Crippen LogP contribution in [0.2, 0.25) is 0 Å². The smallest absolute Gasteiger partial charge is 0.161 e. The molecule has 2 N–H and O–H groups in total. The summed E-state index contributed by atoms with van der Waals surface area (Å²) in [5.74, 6) is 1.59. The molecule has 0 saturated carbocycles. The van der Waals surface area contributed by atoms with E-state index in [0.717, 1.165) is 41.9 Å². The predicted octanol–water partition coefficient (Wildman–Crippen LogP) is 3.14. The van der Waals surface area contributed by atoms with Crippen molar-refractivity contribution < 1.29 is 9.47 Å². The van der Waals surface area contributed by atoms with Gasteiger partial charge in [-0.25, -0.2) is 0 Å². The van der Waals surface area contributed by atoms with Crippen molar-refractivity contribution in [1.29, 1.82) is 0 Å². The van der Waals surface area contributed by atoms with Crippen LogP contribution in [-0.4, -0.2) is 29.6 Å². The van der Waals surface area contributed by atoms with Crippen LogP contribution >= 0.6 is 0 Å². The van der Waals surface area contributed by atoms with Crippen LogP contribution in [0.25, 0.3) is 11.0 Å². The third-order valence-electron chi connectivity index (χ3n) is 4.89. The van der Waals surface area contributed by atoms with Gasteiger partial charge in [-0.1, -0.05) is 6.07 Å². The Morgan fingerprint density at radius 2 is 1.88 bits per heavy atom. The highest BCUT2D eigenvalue weighted by molar-refractivity contribution is 5.74. The molecule has 0 bridgehead atoms. The molecule has 1 atom stereocenters. The van der Waals surface area contributed by atoms with Crippen molar-refractivity contribution in [2.45, 2.75) is 31.8 Å². The van der Waals surface area contributed by atoms with Crippen molar-refractivity contribution in [3.05, 3.63) is 47.0 Å². The van der Waals surface area contributed by atoms with Gasteiger partial charge in [0.2, 0.25) is 0 Å². The fourth-order valence-corrected chi connectivity index (χ4v) is 3.58. The molecule has 4 rings (SSSR count). The number of hydrogen-bond acceptors (Lipinski definition) is 5. The number of aromatic nitrogens is 3. The second kappa shape index (κ2) is 6.72. The van der Waals surface area contributed by atoms with E-state index < -0.39 is 0 Å². The Morgan fingerprint density at radius 3 is 2.72 bits per heavy atom. The SMILES string of the molecule is COc1cc2c(cc1OC)C(NCc1ccc3n[nH]nc3c1)CCC2. The summed E-state index contributed by atoms with van der Waals surface area (Å²) in [7, 11) is 3.37. The highest BCUT2D eigenvalue weighted by Gasteiger charge is 2.22. The first-order chi connectivity index (χ1) is 12.3. The summed E-state index contributed by atoms with van der Waals surface area (Å²) in [4.78, 5) is 0. The Bertz CT molecular complexity index is 890. The average molecular weight is 338 g/mol. The lowest BCUT2D eigenvalue weighted by atomic mass is 9.87. The third kappa shape index (κ3) is 3.05. The summed E-state index contributed by atoms with van der Waals surface area (Å²) in [6.07, 6.45) is 3.37. The summed E-state index contributed by atoms with van der Waals surface area (Å²) in [5.41, 5.74) is 5.65. The molecule has 3 aromatic rings. The summed E-state index contributed by atoms with van der Waals surface area (Å²) < 4.78 is 10.9. The molecule has 6 nitrogen and oxygen atoms in total. The standard InChI is InChI=1S/C19H22N4O2/c1-24-18-9-13-4-3-5-15(14(13)10-19(18)25-2)20-11-12-6-7-16-17(8-12)22-23-21-16/h6-10,15,20H,3-5,11H2,1-2H3,(H,21,22,23). The molecule has 1 heterocycles. The van der Waals surface area contributed by atoms with Gasteiger partial charge in [0.1, 0.15) is 11.0 Å². The fraction of sp³-hybridized carbons (Fsp3) is 0.368. The second-order valence-electron chi connectivity index (χ2n) is 6.38. The average Bonchev–Trinajstić information content (AvgIpc) is 3.12. The molecule has 0 aliphatic heterocycles. The van der Waals surface area contributed by atoms with Crippen molar-refractivity contribution >= 4 is 11.0 Å². The number of rotatable bonds is 5. The van der Waals surface area contributed by atoms with Crippen LogP contribution in [-0.2, 0) is 13.0 Å². The molecule has 25 heavy (non-hydrogen) atoms. The van der Waals surface area contributed by atoms with Crippen molar-refractivity contribution in [3.63, 3.8) is 0 Å². The van der Waals surface area contributed by atoms with Crippen LogP contribution in [0.5, 0.6) is 11.5 Å². The Kier molecular flexibility index (Phi) is 4.28. The van der Waals surface area contributed by atoms with E-state index >= 15 is 0 Å². The Hall–Kier alpha value is -2.60. The number of H-pyrrole nitrogens is 1. The van der Waals surface area contributed by atoms with Crippen molar-refractivity contribution in [1.82, 2.24) is 20.7 Å². The molecule has 1 aromatic heterocycles. The highest BCUT2D eigenvalue weighted by atomic mass is 16.5. The van der Waals surface area contributed by atoms with E-state index in [1.807, 2.05) is 6.07 Å². The highest BCUT2D eigenvalue weighted by Crippen LogP contribution is 2.38. The van der Waals surface area contributed by atoms with Crippen LogP contribution in [0.3, 0.4) is 0 Å². The van der Waals surface area contributed by atoms with Gasteiger partial charge in [0.15, 0.2) is 11.5 Å². The molecular weight excluding hydrogens is 316 g/mol. The molecular formula is C19H22N4O2. The first-order valence-electron chi connectivity index (χ1n) is 8.56. The van der Waals surface area contributed by atoms with E-state index in [0.29, 0.717) is 6.04 Å². The largest absolute Gasteiger partial charge is 0.493 e. The zero-order valence-electron chi connectivity index (χ0n) is 14.5. The van der Waals surface area contributed by atoms with Crippen molar-refractivity contribution in [2.75, 3.05) is 14.2 Å². The fourth-order valence-electron chi connectivity index (χ4n) is 3.58. The topological polar surface area (TPSA) is 72.1 Å². The van der Waals surface area contributed by atoms with Crippen LogP contribution in [0.1, 0.15) is 35.6 Å². The maximum absolute atomic E-state index is 5.48. The lowest BCUT2D eigenvalue weighted by Crippen LogP contribution is -2.25. The maximum Gasteiger partial charge on any atom is 0.161 e. The molecule has 2 aromatic carbocycles. The Labute approximate surface area is 146 Å². The van der Waals surface area contributed by atoms with E-state index in [-0.39, 0.29) is 0 Å². The number of hydrogen-bond donors (Lipinski definition) is 2.